The first-order chi connectivity index (χ1) is 12.8. The minimum absolute atomic E-state index is 0.0450. The number of nitrogens with zero attached hydrogens (tertiary/aromatic N) is 4. The molecule has 1 aliphatic heterocycles. The Hall–Kier alpha value is -3.39. The zero-order chi connectivity index (χ0) is 17.8. The molecule has 3 heterocycles. The smallest absolute Gasteiger partial charge is 0.255 e. The Morgan fingerprint density at radius 1 is 1.04 bits per heavy atom. The van der Waals surface area contributed by atoms with Gasteiger partial charge in [0.1, 0.15) is 0 Å². The predicted octanol–water partition coefficient (Wildman–Crippen LogP) is 2.72. The van der Waals surface area contributed by atoms with E-state index >= 15 is 0 Å². The average molecular weight is 342 g/mol. The third-order valence-electron chi connectivity index (χ3n) is 4.32. The fraction of sp³-hybridized carbons (Fsp3) is 0.190. The van der Waals surface area contributed by atoms with Crippen LogP contribution in [0, 0.1) is 12.0 Å². The quantitative estimate of drug-likeness (QED) is 0.672. The SMILES string of the molecule is O=c1cc(-c2ccncc2)nc2n1CCCN2C#CCc1ccccc1. The van der Waals surface area contributed by atoms with Gasteiger partial charge in [-0.15, -0.1) is 0 Å². The van der Waals surface area contributed by atoms with Crippen molar-refractivity contribution in [2.75, 3.05) is 11.4 Å². The van der Waals surface area contributed by atoms with Gasteiger partial charge in [0, 0.05) is 49.6 Å². The second kappa shape index (κ2) is 7.24. The Bertz CT molecular complexity index is 1020. The van der Waals surface area contributed by atoms with Gasteiger partial charge in [-0.2, -0.15) is 0 Å². The van der Waals surface area contributed by atoms with Crippen LogP contribution in [0.4, 0.5) is 5.95 Å². The lowest BCUT2D eigenvalue weighted by atomic mass is 10.2. The summed E-state index contributed by atoms with van der Waals surface area (Å²) in [6, 6.07) is 18.6. The van der Waals surface area contributed by atoms with Crippen molar-refractivity contribution in [1.29, 1.82) is 0 Å². The van der Waals surface area contributed by atoms with Gasteiger partial charge < -0.3 is 0 Å². The van der Waals surface area contributed by atoms with Crippen LogP contribution in [0.3, 0.4) is 0 Å². The molecule has 0 atom stereocenters. The Kier molecular flexibility index (Phi) is 4.48. The van der Waals surface area contributed by atoms with E-state index in [1.807, 2.05) is 35.2 Å². The molecule has 0 spiro atoms. The van der Waals surface area contributed by atoms with Crippen molar-refractivity contribution in [1.82, 2.24) is 14.5 Å². The Morgan fingerprint density at radius 2 is 1.85 bits per heavy atom. The van der Waals surface area contributed by atoms with Crippen LogP contribution in [0.5, 0.6) is 0 Å². The standard InChI is InChI=1S/C21H18N4O/c26-20-16-19(18-9-11-22-12-10-18)23-21-24(14-5-15-25(20)21)13-4-8-17-6-2-1-3-7-17/h1-3,6-7,9-12,16H,5,8,14-15H2. The van der Waals surface area contributed by atoms with Gasteiger partial charge in [0.05, 0.1) is 5.69 Å². The van der Waals surface area contributed by atoms with Crippen LogP contribution in [0.2, 0.25) is 0 Å². The number of anilines is 1. The summed E-state index contributed by atoms with van der Waals surface area (Å²) in [5, 5.41) is 0. The van der Waals surface area contributed by atoms with Crippen LogP contribution in [0.25, 0.3) is 11.3 Å². The van der Waals surface area contributed by atoms with E-state index in [0.29, 0.717) is 24.6 Å². The van der Waals surface area contributed by atoms with E-state index in [0.717, 1.165) is 18.5 Å². The number of hydrogen-bond acceptors (Lipinski definition) is 4. The molecule has 128 valence electrons. The van der Waals surface area contributed by atoms with Gasteiger partial charge in [-0.25, -0.2) is 4.98 Å². The van der Waals surface area contributed by atoms with Crippen LogP contribution in [0.1, 0.15) is 12.0 Å². The molecule has 4 rings (SSSR count). The molecule has 0 fully saturated rings. The van der Waals surface area contributed by atoms with Crippen LogP contribution >= 0.6 is 0 Å². The summed E-state index contributed by atoms with van der Waals surface area (Å²) >= 11 is 0. The number of rotatable bonds is 2. The molecule has 5 heteroatoms. The van der Waals surface area contributed by atoms with Crippen molar-refractivity contribution < 1.29 is 0 Å². The molecule has 1 aliphatic rings. The summed E-state index contributed by atoms with van der Waals surface area (Å²) in [7, 11) is 0. The normalized spacial score (nSPS) is 12.8. The highest BCUT2D eigenvalue weighted by molar-refractivity contribution is 5.60. The van der Waals surface area contributed by atoms with E-state index < -0.39 is 0 Å². The molecule has 0 radical (unpaired) electrons. The first kappa shape index (κ1) is 16.1. The van der Waals surface area contributed by atoms with Crippen molar-refractivity contribution >= 4 is 5.95 Å². The third-order valence-corrected chi connectivity index (χ3v) is 4.32. The fourth-order valence-electron chi connectivity index (χ4n) is 3.01. The Balaban J connectivity index is 1.67. The Labute approximate surface area is 152 Å². The van der Waals surface area contributed by atoms with Crippen molar-refractivity contribution in [2.45, 2.75) is 19.4 Å². The largest absolute Gasteiger partial charge is 0.278 e. The molecule has 2 aromatic heterocycles. The van der Waals surface area contributed by atoms with Crippen LogP contribution in [0.15, 0.2) is 65.7 Å². The zero-order valence-corrected chi connectivity index (χ0v) is 14.3. The lowest BCUT2D eigenvalue weighted by Crippen LogP contribution is -2.36. The van der Waals surface area contributed by atoms with E-state index in [1.54, 1.807) is 23.0 Å². The van der Waals surface area contributed by atoms with Gasteiger partial charge in [0.2, 0.25) is 5.95 Å². The van der Waals surface area contributed by atoms with Gasteiger partial charge in [0.25, 0.3) is 5.56 Å². The number of hydrogen-bond donors (Lipinski definition) is 0. The summed E-state index contributed by atoms with van der Waals surface area (Å²) in [6.45, 7) is 1.45. The second-order valence-corrected chi connectivity index (χ2v) is 6.12. The van der Waals surface area contributed by atoms with Gasteiger partial charge in [-0.1, -0.05) is 36.3 Å². The van der Waals surface area contributed by atoms with Gasteiger partial charge in [-0.05, 0) is 24.1 Å². The molecule has 0 N–H and O–H groups in total. The van der Waals surface area contributed by atoms with Gasteiger partial charge in [-0.3, -0.25) is 19.2 Å². The molecular formula is C21H18N4O. The van der Waals surface area contributed by atoms with E-state index in [1.165, 1.54) is 5.56 Å². The summed E-state index contributed by atoms with van der Waals surface area (Å²) in [6.07, 6.45) is 4.95. The summed E-state index contributed by atoms with van der Waals surface area (Å²) in [5.41, 5.74) is 2.66. The van der Waals surface area contributed by atoms with Crippen LogP contribution in [-0.4, -0.2) is 21.1 Å². The molecule has 5 nitrogen and oxygen atoms in total. The molecule has 0 unspecified atom stereocenters. The highest BCUT2D eigenvalue weighted by atomic mass is 16.1. The number of aromatic nitrogens is 3. The van der Waals surface area contributed by atoms with E-state index in [4.69, 9.17) is 4.98 Å². The van der Waals surface area contributed by atoms with E-state index in [9.17, 15) is 4.79 Å². The van der Waals surface area contributed by atoms with Crippen molar-refractivity contribution in [3.8, 4) is 23.2 Å². The molecule has 0 bridgehead atoms. The molecule has 0 amide bonds. The first-order valence-electron chi connectivity index (χ1n) is 8.63. The molecule has 0 aliphatic carbocycles. The maximum absolute atomic E-state index is 12.5. The average Bonchev–Trinajstić information content (AvgIpc) is 2.70. The minimum atomic E-state index is -0.0450. The third kappa shape index (κ3) is 3.35. The van der Waals surface area contributed by atoms with Crippen LogP contribution < -0.4 is 10.5 Å². The van der Waals surface area contributed by atoms with Crippen molar-refractivity contribution in [3.05, 3.63) is 76.8 Å². The number of pyridine rings is 1. The van der Waals surface area contributed by atoms with Gasteiger partial charge >= 0.3 is 0 Å². The van der Waals surface area contributed by atoms with Crippen molar-refractivity contribution in [2.24, 2.45) is 0 Å². The fourth-order valence-corrected chi connectivity index (χ4v) is 3.01. The van der Waals surface area contributed by atoms with Crippen molar-refractivity contribution in [3.63, 3.8) is 0 Å². The highest BCUT2D eigenvalue weighted by Gasteiger charge is 2.19. The maximum Gasteiger partial charge on any atom is 0.255 e. The summed E-state index contributed by atoms with van der Waals surface area (Å²) in [4.78, 5) is 23.1. The van der Waals surface area contributed by atoms with Crippen LogP contribution in [-0.2, 0) is 13.0 Å². The monoisotopic (exact) mass is 342 g/mol. The second-order valence-electron chi connectivity index (χ2n) is 6.12. The minimum Gasteiger partial charge on any atom is -0.278 e. The van der Waals surface area contributed by atoms with Gasteiger partial charge in [0.15, 0.2) is 0 Å². The Morgan fingerprint density at radius 3 is 2.65 bits per heavy atom. The molecule has 26 heavy (non-hydrogen) atoms. The zero-order valence-electron chi connectivity index (χ0n) is 14.3. The molecule has 1 aromatic carbocycles. The predicted molar refractivity (Wildman–Crippen MR) is 102 cm³/mol. The maximum atomic E-state index is 12.5. The molecule has 0 saturated carbocycles. The van der Waals surface area contributed by atoms with E-state index in [-0.39, 0.29) is 5.56 Å². The number of fused-ring (bicyclic) bond motifs is 1. The lowest BCUT2D eigenvalue weighted by molar-refractivity contribution is 0.566. The topological polar surface area (TPSA) is 51.0 Å². The molecular weight excluding hydrogens is 324 g/mol. The summed E-state index contributed by atoms with van der Waals surface area (Å²) < 4.78 is 1.70. The van der Waals surface area contributed by atoms with E-state index in [2.05, 4.69) is 29.1 Å². The number of benzene rings is 1. The summed E-state index contributed by atoms with van der Waals surface area (Å²) in [5.74, 6) is 3.82. The lowest BCUT2D eigenvalue weighted by Gasteiger charge is -2.26. The molecule has 0 saturated heterocycles. The first-order valence-corrected chi connectivity index (χ1v) is 8.63. The molecule has 3 aromatic rings. The highest BCUT2D eigenvalue weighted by Crippen LogP contribution is 2.21.